The normalized spacial score (nSPS) is 16.8. The number of thiophene rings is 1. The Hall–Kier alpha value is -2.02. The molecule has 0 amide bonds. The van der Waals surface area contributed by atoms with Gasteiger partial charge in [-0.3, -0.25) is 4.99 Å². The van der Waals surface area contributed by atoms with Crippen molar-refractivity contribution in [3.8, 4) is 5.75 Å². The lowest BCUT2D eigenvalue weighted by molar-refractivity contribution is 0.393. The van der Waals surface area contributed by atoms with Crippen LogP contribution in [-0.4, -0.2) is 42.6 Å². The first kappa shape index (κ1) is 24.6. The van der Waals surface area contributed by atoms with E-state index < -0.39 is 15.8 Å². The average molecular weight is 500 g/mol. The van der Waals surface area contributed by atoms with E-state index in [4.69, 9.17) is 10.2 Å². The molecule has 2 heterocycles. The number of hydrogen-bond donors (Lipinski definition) is 4. The maximum atomic E-state index is 12.8. The molecule has 2 aromatic heterocycles. The topological polar surface area (TPSA) is 134 Å². The minimum Gasteiger partial charge on any atom is -0.504 e. The molecule has 0 spiro atoms. The Morgan fingerprint density at radius 1 is 1.41 bits per heavy atom. The lowest BCUT2D eigenvalue weighted by Gasteiger charge is -2.16. The molecule has 1 aliphatic carbocycles. The first-order valence-corrected chi connectivity index (χ1v) is 12.9. The van der Waals surface area contributed by atoms with Crippen LogP contribution < -0.4 is 10.5 Å². The Morgan fingerprint density at radius 2 is 2.06 bits per heavy atom. The van der Waals surface area contributed by atoms with E-state index in [1.54, 1.807) is 0 Å². The van der Waals surface area contributed by atoms with Crippen LogP contribution in [0.4, 0.5) is 5.69 Å². The van der Waals surface area contributed by atoms with Gasteiger partial charge in [-0.05, 0) is 44.2 Å². The molecular weight excluding hydrogens is 470 g/mol. The smallest absolute Gasteiger partial charge is 0.256 e. The molecule has 12 heteroatoms. The van der Waals surface area contributed by atoms with Gasteiger partial charge in [0.15, 0.2) is 21.6 Å². The highest BCUT2D eigenvalue weighted by Gasteiger charge is 2.37. The second-order valence-corrected chi connectivity index (χ2v) is 11.5. The summed E-state index contributed by atoms with van der Waals surface area (Å²) in [5, 5.41) is 12.0. The second kappa shape index (κ2) is 9.46. The molecule has 3 rings (SSSR count). The molecule has 0 aromatic carbocycles. The minimum atomic E-state index is -3.80. The number of thiol groups is 1. The summed E-state index contributed by atoms with van der Waals surface area (Å²) in [6.07, 6.45) is 1.64. The van der Waals surface area contributed by atoms with Gasteiger partial charge in [0, 0.05) is 18.5 Å². The molecule has 0 saturated heterocycles. The third-order valence-corrected chi connectivity index (χ3v) is 8.95. The van der Waals surface area contributed by atoms with Crippen LogP contribution in [-0.2, 0) is 10.0 Å². The number of nitrogens with two attached hydrogens (primary N) is 1. The fourth-order valence-corrected chi connectivity index (χ4v) is 6.08. The highest BCUT2D eigenvalue weighted by Crippen LogP contribution is 2.42. The molecule has 0 unspecified atom stereocenters. The molecular formula is C20H29N5O4S3. The average Bonchev–Trinajstić information content (AvgIpc) is 3.43. The summed E-state index contributed by atoms with van der Waals surface area (Å²) < 4.78 is 35.1. The number of nitrogens with zero attached hydrogens (tertiary/aromatic N) is 3. The SMILES string of the molecule is Cc1cc([C@H](N=C(NS)C(N)=Nc2csc(S(=O)(=O)N(C)C3CC3)c2O)C(C)C)oc1C. The summed E-state index contributed by atoms with van der Waals surface area (Å²) in [4.78, 5) is 8.85. The maximum Gasteiger partial charge on any atom is 0.256 e. The molecule has 1 saturated carbocycles. The summed E-state index contributed by atoms with van der Waals surface area (Å²) in [6, 6.07) is 1.57. The summed E-state index contributed by atoms with van der Waals surface area (Å²) in [6.45, 7) is 7.86. The molecule has 1 atom stereocenters. The number of aromatic hydroxyl groups is 1. The molecule has 0 aliphatic heterocycles. The van der Waals surface area contributed by atoms with E-state index in [1.165, 1.54) is 16.7 Å². The Kier molecular flexibility index (Phi) is 7.28. The Bertz CT molecular complexity index is 1130. The lowest BCUT2D eigenvalue weighted by atomic mass is 10.0. The number of nitrogens with one attached hydrogen (secondary N) is 1. The van der Waals surface area contributed by atoms with Crippen molar-refractivity contribution in [2.45, 2.75) is 56.8 Å². The zero-order valence-electron chi connectivity index (χ0n) is 18.7. The minimum absolute atomic E-state index is 0.0209. The van der Waals surface area contributed by atoms with Crippen molar-refractivity contribution in [2.24, 2.45) is 21.6 Å². The number of amidine groups is 2. The quantitative estimate of drug-likeness (QED) is 0.261. The van der Waals surface area contributed by atoms with Crippen LogP contribution in [0.5, 0.6) is 5.75 Å². The second-order valence-electron chi connectivity index (χ2n) is 8.17. The van der Waals surface area contributed by atoms with Gasteiger partial charge >= 0.3 is 0 Å². The van der Waals surface area contributed by atoms with Crippen molar-refractivity contribution in [3.05, 3.63) is 28.5 Å². The summed E-state index contributed by atoms with van der Waals surface area (Å²) in [5.74, 6) is 1.31. The Labute approximate surface area is 198 Å². The van der Waals surface area contributed by atoms with Crippen molar-refractivity contribution in [3.63, 3.8) is 0 Å². The van der Waals surface area contributed by atoms with Gasteiger partial charge in [-0.25, -0.2) is 13.4 Å². The van der Waals surface area contributed by atoms with Crippen LogP contribution in [0.3, 0.4) is 0 Å². The van der Waals surface area contributed by atoms with Crippen molar-refractivity contribution < 1.29 is 17.9 Å². The molecule has 0 bridgehead atoms. The number of rotatable bonds is 7. The van der Waals surface area contributed by atoms with Gasteiger partial charge < -0.3 is 20.0 Å². The Balaban J connectivity index is 1.93. The van der Waals surface area contributed by atoms with Crippen molar-refractivity contribution in [2.75, 3.05) is 7.05 Å². The van der Waals surface area contributed by atoms with Crippen molar-refractivity contribution in [1.29, 1.82) is 0 Å². The summed E-state index contributed by atoms with van der Waals surface area (Å²) >= 11 is 5.00. The molecule has 32 heavy (non-hydrogen) atoms. The van der Waals surface area contributed by atoms with Crippen molar-refractivity contribution >= 4 is 51.5 Å². The van der Waals surface area contributed by atoms with Gasteiger partial charge in [-0.2, -0.15) is 4.31 Å². The molecule has 9 nitrogen and oxygen atoms in total. The largest absolute Gasteiger partial charge is 0.504 e. The number of aryl methyl sites for hydroxylation is 2. The van der Waals surface area contributed by atoms with Crippen LogP contribution in [0, 0.1) is 19.8 Å². The fraction of sp³-hybridized carbons (Fsp3) is 0.500. The zero-order valence-corrected chi connectivity index (χ0v) is 21.2. The van der Waals surface area contributed by atoms with E-state index in [2.05, 4.69) is 27.5 Å². The molecule has 1 aliphatic rings. The monoisotopic (exact) mass is 499 g/mol. The molecule has 176 valence electrons. The van der Waals surface area contributed by atoms with E-state index in [9.17, 15) is 13.5 Å². The summed E-state index contributed by atoms with van der Waals surface area (Å²) in [7, 11) is -2.28. The van der Waals surface area contributed by atoms with Crippen LogP contribution in [0.25, 0.3) is 0 Å². The molecule has 1 fully saturated rings. The fourth-order valence-electron chi connectivity index (χ4n) is 3.12. The van der Waals surface area contributed by atoms with Crippen LogP contribution >= 0.6 is 24.2 Å². The van der Waals surface area contributed by atoms with E-state index >= 15 is 0 Å². The third-order valence-electron chi connectivity index (χ3n) is 5.35. The highest BCUT2D eigenvalue weighted by atomic mass is 32.2. The third kappa shape index (κ3) is 4.98. The standard InChI is InChI=1S/C20H29N5O4S3/c1-10(2)16(15-8-11(3)12(4)29-15)23-19(24-30)18(21)22-14-9-31-20(17(14)26)32(27,28)25(5)13-6-7-13/h8-10,13,16,26,30H,6-7H2,1-5H3,(H2,21,22)(H,23,24)/t16-/m1/s1. The summed E-state index contributed by atoms with van der Waals surface area (Å²) in [5.41, 5.74) is 7.22. The molecule has 0 radical (unpaired) electrons. The Morgan fingerprint density at radius 3 is 2.56 bits per heavy atom. The first-order valence-electron chi connectivity index (χ1n) is 10.1. The van der Waals surface area contributed by atoms with Crippen LogP contribution in [0.1, 0.15) is 49.8 Å². The number of hydrogen-bond acceptors (Lipinski definition) is 8. The highest BCUT2D eigenvalue weighted by molar-refractivity contribution is 7.91. The molecule has 4 N–H and O–H groups in total. The van der Waals surface area contributed by atoms with E-state index in [-0.39, 0.29) is 39.6 Å². The maximum absolute atomic E-state index is 12.8. The van der Waals surface area contributed by atoms with Crippen LogP contribution in [0.2, 0.25) is 0 Å². The number of furan rings is 1. The van der Waals surface area contributed by atoms with E-state index in [0.29, 0.717) is 5.76 Å². The van der Waals surface area contributed by atoms with Gasteiger partial charge in [0.2, 0.25) is 0 Å². The van der Waals surface area contributed by atoms with E-state index in [0.717, 1.165) is 35.5 Å². The lowest BCUT2D eigenvalue weighted by Crippen LogP contribution is -2.32. The number of aliphatic imine (C=N–C) groups is 2. The van der Waals surface area contributed by atoms with Gasteiger partial charge in [-0.15, -0.1) is 11.3 Å². The van der Waals surface area contributed by atoms with E-state index in [1.807, 2.05) is 33.8 Å². The zero-order chi connectivity index (χ0) is 23.8. The van der Waals surface area contributed by atoms with Crippen molar-refractivity contribution in [1.82, 2.24) is 9.03 Å². The van der Waals surface area contributed by atoms with Gasteiger partial charge in [0.05, 0.1) is 0 Å². The predicted molar refractivity (Wildman–Crippen MR) is 131 cm³/mol. The van der Waals surface area contributed by atoms with Gasteiger partial charge in [0.1, 0.15) is 23.2 Å². The number of sulfonamides is 1. The van der Waals surface area contributed by atoms with Gasteiger partial charge in [-0.1, -0.05) is 26.7 Å². The first-order chi connectivity index (χ1) is 15.0. The van der Waals surface area contributed by atoms with Crippen LogP contribution in [0.15, 0.2) is 30.1 Å². The molecule has 2 aromatic rings. The van der Waals surface area contributed by atoms with Gasteiger partial charge in [0.25, 0.3) is 10.0 Å². The predicted octanol–water partition coefficient (Wildman–Crippen LogP) is 3.67.